The molecule has 0 saturated heterocycles. The van der Waals surface area contributed by atoms with Crippen molar-refractivity contribution in [3.8, 4) is 0 Å². The third kappa shape index (κ3) is 3.28. The van der Waals surface area contributed by atoms with Crippen molar-refractivity contribution in [3.63, 3.8) is 0 Å². The topological polar surface area (TPSA) is 44.8 Å². The lowest BCUT2D eigenvalue weighted by Gasteiger charge is -2.19. The Bertz CT molecular complexity index is 490. The van der Waals surface area contributed by atoms with Gasteiger partial charge >= 0.3 is 0 Å². The lowest BCUT2D eigenvalue weighted by atomic mass is 10.2. The van der Waals surface area contributed by atoms with Gasteiger partial charge < -0.3 is 4.98 Å². The van der Waals surface area contributed by atoms with Crippen LogP contribution in [-0.2, 0) is 13.1 Å². The van der Waals surface area contributed by atoms with E-state index in [2.05, 4.69) is 32.5 Å². The van der Waals surface area contributed by atoms with Gasteiger partial charge in [0.1, 0.15) is 0 Å². The molecule has 0 bridgehead atoms. The van der Waals surface area contributed by atoms with E-state index in [1.807, 2.05) is 25.3 Å². The molecular formula is C14H18N4. The molecule has 2 rings (SSSR count). The molecule has 18 heavy (non-hydrogen) atoms. The zero-order chi connectivity index (χ0) is 12.8. The summed E-state index contributed by atoms with van der Waals surface area (Å²) >= 11 is 0. The van der Waals surface area contributed by atoms with Gasteiger partial charge in [0, 0.05) is 37.7 Å². The largest absolute Gasteiger partial charge is 0.348 e. The van der Waals surface area contributed by atoms with Gasteiger partial charge in [-0.25, -0.2) is 4.98 Å². The Morgan fingerprint density at radius 2 is 2.33 bits per heavy atom. The summed E-state index contributed by atoms with van der Waals surface area (Å²) in [5.74, 6) is 0. The maximum Gasteiger partial charge on any atom is 0.0925 e. The summed E-state index contributed by atoms with van der Waals surface area (Å²) in [6.45, 7) is 8.35. The minimum Gasteiger partial charge on any atom is -0.348 e. The van der Waals surface area contributed by atoms with Crippen molar-refractivity contribution < 1.29 is 0 Å². The smallest absolute Gasteiger partial charge is 0.0925 e. The Hall–Kier alpha value is -1.94. The van der Waals surface area contributed by atoms with Crippen LogP contribution < -0.4 is 0 Å². The molecule has 0 aromatic carbocycles. The SMILES string of the molecule is C=CCN(Cc1cccnc1)Cc1nc[nH]c1C. The summed E-state index contributed by atoms with van der Waals surface area (Å²) in [6.07, 6.45) is 7.34. The molecule has 2 heterocycles. The average molecular weight is 242 g/mol. The van der Waals surface area contributed by atoms with E-state index in [0.717, 1.165) is 31.0 Å². The summed E-state index contributed by atoms with van der Waals surface area (Å²) in [5.41, 5.74) is 3.41. The fraction of sp³-hybridized carbons (Fsp3) is 0.286. The second kappa shape index (κ2) is 6.12. The number of aryl methyl sites for hydroxylation is 1. The molecular weight excluding hydrogens is 224 g/mol. The standard InChI is InChI=1S/C14H18N4/c1-3-7-18(9-13-5-4-6-15-8-13)10-14-12(2)16-11-17-14/h3-6,8,11H,1,7,9-10H2,2H3,(H,16,17). The number of hydrogen-bond acceptors (Lipinski definition) is 3. The first-order valence-corrected chi connectivity index (χ1v) is 6.00. The number of H-pyrrole nitrogens is 1. The third-order valence-corrected chi connectivity index (χ3v) is 2.82. The number of nitrogens with one attached hydrogen (secondary N) is 1. The van der Waals surface area contributed by atoms with Gasteiger partial charge in [-0.05, 0) is 18.6 Å². The molecule has 0 aliphatic rings. The first kappa shape index (κ1) is 12.5. The Labute approximate surface area is 107 Å². The van der Waals surface area contributed by atoms with Crippen LogP contribution in [0.1, 0.15) is 17.0 Å². The van der Waals surface area contributed by atoms with Crippen molar-refractivity contribution in [2.24, 2.45) is 0 Å². The van der Waals surface area contributed by atoms with E-state index < -0.39 is 0 Å². The molecule has 0 saturated carbocycles. The minimum atomic E-state index is 0.816. The summed E-state index contributed by atoms with van der Waals surface area (Å²) in [6, 6.07) is 4.04. The van der Waals surface area contributed by atoms with Gasteiger partial charge in [0.15, 0.2) is 0 Å². The molecule has 1 N–H and O–H groups in total. The highest BCUT2D eigenvalue weighted by atomic mass is 15.1. The average Bonchev–Trinajstić information content (AvgIpc) is 2.77. The van der Waals surface area contributed by atoms with E-state index in [0.29, 0.717) is 0 Å². The lowest BCUT2D eigenvalue weighted by Crippen LogP contribution is -2.23. The maximum atomic E-state index is 4.33. The summed E-state index contributed by atoms with van der Waals surface area (Å²) in [5, 5.41) is 0. The fourth-order valence-corrected chi connectivity index (χ4v) is 1.88. The van der Waals surface area contributed by atoms with Gasteiger partial charge in [-0.3, -0.25) is 9.88 Å². The zero-order valence-electron chi connectivity index (χ0n) is 10.6. The van der Waals surface area contributed by atoms with Crippen LogP contribution in [0.3, 0.4) is 0 Å². The van der Waals surface area contributed by atoms with Crippen molar-refractivity contribution in [2.75, 3.05) is 6.54 Å². The molecule has 0 aliphatic heterocycles. The van der Waals surface area contributed by atoms with Crippen LogP contribution in [0.4, 0.5) is 0 Å². The Morgan fingerprint density at radius 1 is 1.44 bits per heavy atom. The molecule has 0 spiro atoms. The van der Waals surface area contributed by atoms with Gasteiger partial charge in [0.2, 0.25) is 0 Å². The highest BCUT2D eigenvalue weighted by Crippen LogP contribution is 2.09. The Kier molecular flexibility index (Phi) is 4.25. The van der Waals surface area contributed by atoms with Crippen LogP contribution >= 0.6 is 0 Å². The molecule has 2 aromatic rings. The third-order valence-electron chi connectivity index (χ3n) is 2.82. The molecule has 4 nitrogen and oxygen atoms in total. The number of pyridine rings is 1. The fourth-order valence-electron chi connectivity index (χ4n) is 1.88. The van der Waals surface area contributed by atoms with Crippen molar-refractivity contribution in [1.29, 1.82) is 0 Å². The predicted octanol–water partition coefficient (Wildman–Crippen LogP) is 2.30. The van der Waals surface area contributed by atoms with E-state index in [4.69, 9.17) is 0 Å². The first-order valence-electron chi connectivity index (χ1n) is 6.00. The Morgan fingerprint density at radius 3 is 2.94 bits per heavy atom. The van der Waals surface area contributed by atoms with E-state index in [9.17, 15) is 0 Å². The predicted molar refractivity (Wildman–Crippen MR) is 71.9 cm³/mol. The second-order valence-corrected chi connectivity index (χ2v) is 4.29. The van der Waals surface area contributed by atoms with E-state index in [1.54, 1.807) is 12.5 Å². The second-order valence-electron chi connectivity index (χ2n) is 4.29. The molecule has 94 valence electrons. The number of hydrogen-bond donors (Lipinski definition) is 1. The first-order chi connectivity index (χ1) is 8.79. The van der Waals surface area contributed by atoms with Crippen LogP contribution in [0.15, 0.2) is 43.5 Å². The van der Waals surface area contributed by atoms with Gasteiger partial charge in [-0.1, -0.05) is 12.1 Å². The molecule has 0 atom stereocenters. The number of aromatic amines is 1. The Balaban J connectivity index is 2.04. The van der Waals surface area contributed by atoms with E-state index in [-0.39, 0.29) is 0 Å². The van der Waals surface area contributed by atoms with Crippen molar-refractivity contribution >= 4 is 0 Å². The highest BCUT2D eigenvalue weighted by Gasteiger charge is 2.09. The molecule has 0 amide bonds. The quantitative estimate of drug-likeness (QED) is 0.790. The molecule has 2 aromatic heterocycles. The number of nitrogens with zero attached hydrogens (tertiary/aromatic N) is 3. The van der Waals surface area contributed by atoms with Crippen LogP contribution in [0.2, 0.25) is 0 Å². The van der Waals surface area contributed by atoms with Gasteiger partial charge in [-0.2, -0.15) is 0 Å². The van der Waals surface area contributed by atoms with Crippen LogP contribution in [0, 0.1) is 6.92 Å². The molecule has 0 radical (unpaired) electrons. The van der Waals surface area contributed by atoms with Crippen molar-refractivity contribution in [2.45, 2.75) is 20.0 Å². The monoisotopic (exact) mass is 242 g/mol. The molecule has 0 aliphatic carbocycles. The summed E-state index contributed by atoms with van der Waals surface area (Å²) in [7, 11) is 0. The zero-order valence-corrected chi connectivity index (χ0v) is 10.6. The summed E-state index contributed by atoms with van der Waals surface area (Å²) in [4.78, 5) is 13.9. The number of aromatic nitrogens is 3. The van der Waals surface area contributed by atoms with Crippen molar-refractivity contribution in [1.82, 2.24) is 19.9 Å². The lowest BCUT2D eigenvalue weighted by molar-refractivity contribution is 0.282. The van der Waals surface area contributed by atoms with Crippen LogP contribution in [0.25, 0.3) is 0 Å². The molecule has 0 unspecified atom stereocenters. The maximum absolute atomic E-state index is 4.33. The highest BCUT2D eigenvalue weighted by molar-refractivity contribution is 5.11. The number of rotatable bonds is 6. The molecule has 4 heteroatoms. The van der Waals surface area contributed by atoms with Crippen molar-refractivity contribution in [3.05, 3.63) is 60.5 Å². The minimum absolute atomic E-state index is 0.816. The van der Waals surface area contributed by atoms with Gasteiger partial charge in [0.25, 0.3) is 0 Å². The number of imidazole rings is 1. The van der Waals surface area contributed by atoms with E-state index >= 15 is 0 Å². The van der Waals surface area contributed by atoms with Crippen LogP contribution in [-0.4, -0.2) is 26.4 Å². The van der Waals surface area contributed by atoms with Gasteiger partial charge in [0.05, 0.1) is 12.0 Å². The van der Waals surface area contributed by atoms with Gasteiger partial charge in [-0.15, -0.1) is 6.58 Å². The van der Waals surface area contributed by atoms with Crippen LogP contribution in [0.5, 0.6) is 0 Å². The molecule has 0 fully saturated rings. The normalized spacial score (nSPS) is 10.8. The van der Waals surface area contributed by atoms with E-state index in [1.165, 1.54) is 5.56 Å². The summed E-state index contributed by atoms with van der Waals surface area (Å²) < 4.78 is 0.